The van der Waals surface area contributed by atoms with E-state index in [4.69, 9.17) is 4.74 Å². The Balaban J connectivity index is 2.33. The van der Waals surface area contributed by atoms with Crippen LogP contribution in [0.4, 0.5) is 0 Å². The van der Waals surface area contributed by atoms with E-state index < -0.39 is 10.0 Å². The van der Waals surface area contributed by atoms with Gasteiger partial charge >= 0.3 is 0 Å². The molecule has 0 amide bonds. The average molecular weight is 319 g/mol. The summed E-state index contributed by atoms with van der Waals surface area (Å²) in [5, 5.41) is 0. The number of benzene rings is 2. The summed E-state index contributed by atoms with van der Waals surface area (Å²) in [5.41, 5.74) is 2.38. The van der Waals surface area contributed by atoms with Crippen LogP contribution in [-0.2, 0) is 10.0 Å². The van der Waals surface area contributed by atoms with Crippen molar-refractivity contribution in [3.63, 3.8) is 0 Å². The lowest BCUT2D eigenvalue weighted by atomic mass is 10.1. The molecule has 0 aliphatic carbocycles. The summed E-state index contributed by atoms with van der Waals surface area (Å²) in [7, 11) is -2.02. The third-order valence-electron chi connectivity index (χ3n) is 3.61. The molecule has 118 valence electrons. The number of methoxy groups -OCH3 is 1. The Morgan fingerprint density at radius 1 is 1.05 bits per heavy atom. The maximum Gasteiger partial charge on any atom is 0.241 e. The van der Waals surface area contributed by atoms with Crippen LogP contribution in [-0.4, -0.2) is 15.5 Å². The number of hydrogen-bond donors (Lipinski definition) is 1. The molecule has 22 heavy (non-hydrogen) atoms. The second-order valence-electron chi connectivity index (χ2n) is 5.34. The minimum absolute atomic E-state index is 0.286. The lowest BCUT2D eigenvalue weighted by molar-refractivity contribution is 0.411. The van der Waals surface area contributed by atoms with Crippen LogP contribution in [0.25, 0.3) is 0 Å². The molecule has 0 aliphatic rings. The standard InChI is InChI=1S/C17H21NO3S/c1-12-11-17(13(2)10-16(12)21-4)22(19,20)18-14(3)15-8-6-5-7-9-15/h5-11,14,18H,1-4H3/t14-/m0/s1. The van der Waals surface area contributed by atoms with Crippen molar-refractivity contribution >= 4 is 10.0 Å². The average Bonchev–Trinajstić information content (AvgIpc) is 2.49. The first-order valence-electron chi connectivity index (χ1n) is 7.07. The molecular formula is C17H21NO3S. The van der Waals surface area contributed by atoms with Gasteiger partial charge in [0.1, 0.15) is 5.75 Å². The topological polar surface area (TPSA) is 55.4 Å². The summed E-state index contributed by atoms with van der Waals surface area (Å²) in [6, 6.07) is 12.6. The summed E-state index contributed by atoms with van der Waals surface area (Å²) >= 11 is 0. The highest BCUT2D eigenvalue weighted by molar-refractivity contribution is 7.89. The van der Waals surface area contributed by atoms with Crippen molar-refractivity contribution in [2.75, 3.05) is 7.11 Å². The van der Waals surface area contributed by atoms with E-state index in [1.165, 1.54) is 0 Å². The van der Waals surface area contributed by atoms with Crippen LogP contribution < -0.4 is 9.46 Å². The Morgan fingerprint density at radius 3 is 2.27 bits per heavy atom. The van der Waals surface area contributed by atoms with E-state index in [0.717, 1.165) is 11.1 Å². The highest BCUT2D eigenvalue weighted by atomic mass is 32.2. The number of ether oxygens (including phenoxy) is 1. The quantitative estimate of drug-likeness (QED) is 0.919. The molecule has 2 aromatic carbocycles. The maximum absolute atomic E-state index is 12.6. The molecule has 2 aromatic rings. The Bertz CT molecular complexity index is 755. The molecule has 4 nitrogen and oxygen atoms in total. The Hall–Kier alpha value is -1.85. The number of sulfonamides is 1. The highest BCUT2D eigenvalue weighted by Gasteiger charge is 2.21. The van der Waals surface area contributed by atoms with Gasteiger partial charge < -0.3 is 4.74 Å². The minimum Gasteiger partial charge on any atom is -0.496 e. The molecule has 1 atom stereocenters. The molecule has 0 aliphatic heterocycles. The van der Waals surface area contributed by atoms with Gasteiger partial charge in [0, 0.05) is 6.04 Å². The molecule has 0 saturated heterocycles. The van der Waals surface area contributed by atoms with Gasteiger partial charge in [-0.15, -0.1) is 0 Å². The molecule has 0 fully saturated rings. The summed E-state index contributed by atoms with van der Waals surface area (Å²) < 4.78 is 33.2. The van der Waals surface area contributed by atoms with Crippen LogP contribution in [0.5, 0.6) is 5.75 Å². The normalized spacial score (nSPS) is 12.9. The van der Waals surface area contributed by atoms with Crippen molar-refractivity contribution in [2.45, 2.75) is 31.7 Å². The molecule has 0 aromatic heterocycles. The van der Waals surface area contributed by atoms with E-state index >= 15 is 0 Å². The fourth-order valence-corrected chi connectivity index (χ4v) is 3.92. The van der Waals surface area contributed by atoms with Crippen LogP contribution in [0.3, 0.4) is 0 Å². The molecule has 0 heterocycles. The number of aryl methyl sites for hydroxylation is 2. The zero-order valence-electron chi connectivity index (χ0n) is 13.3. The first-order valence-corrected chi connectivity index (χ1v) is 8.56. The van der Waals surface area contributed by atoms with Crippen LogP contribution in [0, 0.1) is 13.8 Å². The second kappa shape index (κ2) is 6.50. The minimum atomic E-state index is -3.59. The van der Waals surface area contributed by atoms with Crippen molar-refractivity contribution < 1.29 is 13.2 Å². The van der Waals surface area contributed by atoms with Gasteiger partial charge in [0.25, 0.3) is 0 Å². The van der Waals surface area contributed by atoms with Gasteiger partial charge in [0.15, 0.2) is 0 Å². The smallest absolute Gasteiger partial charge is 0.241 e. The van der Waals surface area contributed by atoms with Crippen molar-refractivity contribution in [1.82, 2.24) is 4.72 Å². The first kappa shape index (κ1) is 16.5. The molecular weight excluding hydrogens is 298 g/mol. The van der Waals surface area contributed by atoms with Gasteiger partial charge in [0.2, 0.25) is 10.0 Å². The fraction of sp³-hybridized carbons (Fsp3) is 0.294. The third kappa shape index (κ3) is 3.48. The molecule has 0 bridgehead atoms. The highest BCUT2D eigenvalue weighted by Crippen LogP contribution is 2.26. The van der Waals surface area contributed by atoms with Crippen molar-refractivity contribution in [3.05, 3.63) is 59.2 Å². The van der Waals surface area contributed by atoms with E-state index in [1.807, 2.05) is 44.2 Å². The zero-order valence-corrected chi connectivity index (χ0v) is 14.1. The van der Waals surface area contributed by atoms with Gasteiger partial charge in [-0.2, -0.15) is 0 Å². The molecule has 1 N–H and O–H groups in total. The third-order valence-corrected chi connectivity index (χ3v) is 5.30. The Labute approximate surface area is 132 Å². The second-order valence-corrected chi connectivity index (χ2v) is 7.02. The first-order chi connectivity index (χ1) is 10.3. The van der Waals surface area contributed by atoms with Gasteiger partial charge in [-0.25, -0.2) is 13.1 Å². The largest absolute Gasteiger partial charge is 0.496 e. The SMILES string of the molecule is COc1cc(C)c(S(=O)(=O)N[C@@H](C)c2ccccc2)cc1C. The summed E-state index contributed by atoms with van der Waals surface area (Å²) in [4.78, 5) is 0.286. The van der Waals surface area contributed by atoms with E-state index in [1.54, 1.807) is 26.2 Å². The summed E-state index contributed by atoms with van der Waals surface area (Å²) in [5.74, 6) is 0.688. The maximum atomic E-state index is 12.6. The number of nitrogens with one attached hydrogen (secondary N) is 1. The Morgan fingerprint density at radius 2 is 1.68 bits per heavy atom. The van der Waals surface area contributed by atoms with Crippen LogP contribution in [0.2, 0.25) is 0 Å². The zero-order chi connectivity index (χ0) is 16.3. The summed E-state index contributed by atoms with van der Waals surface area (Å²) in [6.45, 7) is 5.43. The molecule has 0 saturated carbocycles. The molecule has 2 rings (SSSR count). The van der Waals surface area contributed by atoms with Crippen LogP contribution >= 0.6 is 0 Å². The number of hydrogen-bond acceptors (Lipinski definition) is 3. The predicted octanol–water partition coefficient (Wildman–Crippen LogP) is 3.35. The number of rotatable bonds is 5. The van der Waals surface area contributed by atoms with E-state index in [2.05, 4.69) is 4.72 Å². The van der Waals surface area contributed by atoms with E-state index in [9.17, 15) is 8.42 Å². The van der Waals surface area contributed by atoms with Gasteiger partial charge in [-0.3, -0.25) is 0 Å². The molecule has 5 heteroatoms. The Kier molecular flexibility index (Phi) is 4.88. The van der Waals surface area contributed by atoms with Crippen molar-refractivity contribution in [3.8, 4) is 5.75 Å². The lowest BCUT2D eigenvalue weighted by Crippen LogP contribution is -2.27. The lowest BCUT2D eigenvalue weighted by Gasteiger charge is -2.17. The van der Waals surface area contributed by atoms with Gasteiger partial charge in [0.05, 0.1) is 12.0 Å². The monoisotopic (exact) mass is 319 g/mol. The van der Waals surface area contributed by atoms with E-state index in [-0.39, 0.29) is 10.9 Å². The molecule has 0 spiro atoms. The fourth-order valence-electron chi connectivity index (χ4n) is 2.38. The molecule has 0 unspecified atom stereocenters. The van der Waals surface area contributed by atoms with Crippen molar-refractivity contribution in [1.29, 1.82) is 0 Å². The van der Waals surface area contributed by atoms with Crippen LogP contribution in [0.15, 0.2) is 47.4 Å². The van der Waals surface area contributed by atoms with E-state index in [0.29, 0.717) is 11.3 Å². The van der Waals surface area contributed by atoms with Gasteiger partial charge in [-0.05, 0) is 49.6 Å². The van der Waals surface area contributed by atoms with Gasteiger partial charge in [-0.1, -0.05) is 30.3 Å². The predicted molar refractivity (Wildman–Crippen MR) is 87.6 cm³/mol. The molecule has 0 radical (unpaired) electrons. The van der Waals surface area contributed by atoms with Crippen molar-refractivity contribution in [2.24, 2.45) is 0 Å². The van der Waals surface area contributed by atoms with Crippen LogP contribution in [0.1, 0.15) is 29.7 Å². The summed E-state index contributed by atoms with van der Waals surface area (Å²) in [6.07, 6.45) is 0.